The van der Waals surface area contributed by atoms with Crippen LogP contribution >= 0.6 is 0 Å². The summed E-state index contributed by atoms with van der Waals surface area (Å²) in [4.78, 5) is 2.21. The zero-order chi connectivity index (χ0) is 11.0. The third-order valence-electron chi connectivity index (χ3n) is 1.73. The van der Waals surface area contributed by atoms with Crippen molar-refractivity contribution in [2.24, 2.45) is 5.73 Å². The quantitative estimate of drug-likeness (QED) is 0.728. The third kappa shape index (κ3) is 1.72. The van der Waals surface area contributed by atoms with Crippen molar-refractivity contribution in [2.45, 2.75) is 18.1 Å². The normalized spacial score (nSPS) is 15.6. The average molecular weight is 214 g/mol. The van der Waals surface area contributed by atoms with Gasteiger partial charge in [-0.25, -0.2) is 0 Å². The Kier molecular flexibility index (Phi) is 2.53. The number of hydrogen-bond acceptors (Lipinski definition) is 1. The topological polar surface area (TPSA) is 41.8 Å². The van der Waals surface area contributed by atoms with Crippen molar-refractivity contribution >= 4 is 0 Å². The van der Waals surface area contributed by atoms with Crippen molar-refractivity contribution in [3.63, 3.8) is 0 Å². The molecule has 1 aromatic rings. The van der Waals surface area contributed by atoms with E-state index in [-0.39, 0.29) is 5.69 Å². The smallest absolute Gasteiger partial charge is 0.364 e. The second-order valence-corrected chi connectivity index (χ2v) is 2.72. The highest BCUT2D eigenvalue weighted by Gasteiger charge is 2.62. The number of halogens is 5. The molecule has 1 unspecified atom stereocenters. The fraction of sp³-hybridized carbons (Fsp3) is 0.429. The number of alkyl halides is 5. The van der Waals surface area contributed by atoms with Gasteiger partial charge in [-0.15, -0.1) is 0 Å². The van der Waals surface area contributed by atoms with Gasteiger partial charge in [-0.1, -0.05) is 0 Å². The van der Waals surface area contributed by atoms with E-state index in [0.29, 0.717) is 0 Å². The molecule has 0 fully saturated rings. The summed E-state index contributed by atoms with van der Waals surface area (Å²) in [6.07, 6.45) is -4.42. The van der Waals surface area contributed by atoms with Gasteiger partial charge in [-0.05, 0) is 12.1 Å². The lowest BCUT2D eigenvalue weighted by molar-refractivity contribution is -0.291. The first-order valence-corrected chi connectivity index (χ1v) is 3.60. The predicted molar refractivity (Wildman–Crippen MR) is 38.7 cm³/mol. The van der Waals surface area contributed by atoms with Crippen molar-refractivity contribution < 1.29 is 22.0 Å². The second kappa shape index (κ2) is 3.23. The molecule has 1 atom stereocenters. The number of rotatable bonds is 2. The largest absolute Gasteiger partial charge is 0.455 e. The summed E-state index contributed by atoms with van der Waals surface area (Å²) in [6, 6.07) is -0.0381. The van der Waals surface area contributed by atoms with Crippen LogP contribution in [0.1, 0.15) is 11.7 Å². The summed E-state index contributed by atoms with van der Waals surface area (Å²) in [5.41, 5.74) is 4.45. The Balaban J connectivity index is 2.94. The molecule has 80 valence electrons. The SMILES string of the molecule is NC(c1ccc[nH]1)C(F)(F)C(F)(F)F. The predicted octanol–water partition coefficient (Wildman–Crippen LogP) is 2.21. The summed E-state index contributed by atoms with van der Waals surface area (Å²) in [6.45, 7) is 0. The first-order valence-electron chi connectivity index (χ1n) is 3.60. The van der Waals surface area contributed by atoms with Gasteiger partial charge in [0.05, 0.1) is 0 Å². The van der Waals surface area contributed by atoms with E-state index >= 15 is 0 Å². The fourth-order valence-electron chi connectivity index (χ4n) is 0.909. The van der Waals surface area contributed by atoms with Crippen molar-refractivity contribution in [3.8, 4) is 0 Å². The van der Waals surface area contributed by atoms with E-state index in [4.69, 9.17) is 5.73 Å². The first kappa shape index (κ1) is 11.0. The molecule has 0 amide bonds. The van der Waals surface area contributed by atoms with Gasteiger partial charge in [0.2, 0.25) is 0 Å². The Labute approximate surface area is 75.9 Å². The van der Waals surface area contributed by atoms with Gasteiger partial charge in [0.1, 0.15) is 6.04 Å². The van der Waals surface area contributed by atoms with E-state index in [9.17, 15) is 22.0 Å². The number of hydrogen-bond donors (Lipinski definition) is 2. The molecule has 3 N–H and O–H groups in total. The van der Waals surface area contributed by atoms with Gasteiger partial charge in [0, 0.05) is 11.9 Å². The molecule has 1 heterocycles. The molecule has 1 rings (SSSR count). The third-order valence-corrected chi connectivity index (χ3v) is 1.73. The van der Waals surface area contributed by atoms with E-state index in [1.165, 1.54) is 12.3 Å². The van der Waals surface area contributed by atoms with E-state index in [1.807, 2.05) is 0 Å². The highest BCUT2D eigenvalue weighted by molar-refractivity contribution is 5.12. The lowest BCUT2D eigenvalue weighted by Gasteiger charge is -2.24. The second-order valence-electron chi connectivity index (χ2n) is 2.72. The molecule has 2 nitrogen and oxygen atoms in total. The molecule has 0 saturated carbocycles. The van der Waals surface area contributed by atoms with Crippen LogP contribution in [0.25, 0.3) is 0 Å². The highest BCUT2D eigenvalue weighted by atomic mass is 19.4. The van der Waals surface area contributed by atoms with Gasteiger partial charge in [-0.3, -0.25) is 0 Å². The summed E-state index contributed by atoms with van der Waals surface area (Å²) >= 11 is 0. The molecule has 0 aliphatic heterocycles. The molecule has 0 spiro atoms. The van der Waals surface area contributed by atoms with E-state index in [1.54, 1.807) is 0 Å². The van der Waals surface area contributed by atoms with Gasteiger partial charge in [-0.2, -0.15) is 22.0 Å². The Morgan fingerprint density at radius 2 is 1.79 bits per heavy atom. The van der Waals surface area contributed by atoms with Crippen molar-refractivity contribution in [1.29, 1.82) is 0 Å². The summed E-state index contributed by atoms with van der Waals surface area (Å²) in [5, 5.41) is 0. The highest BCUT2D eigenvalue weighted by Crippen LogP contribution is 2.42. The first-order chi connectivity index (χ1) is 6.27. The van der Waals surface area contributed by atoms with E-state index in [2.05, 4.69) is 4.98 Å². The molecule has 0 bridgehead atoms. The van der Waals surface area contributed by atoms with E-state index in [0.717, 1.165) is 6.07 Å². The molecule has 0 aliphatic rings. The maximum Gasteiger partial charge on any atom is 0.455 e. The molecule has 0 saturated heterocycles. The zero-order valence-electron chi connectivity index (χ0n) is 6.78. The van der Waals surface area contributed by atoms with Crippen LogP contribution in [-0.4, -0.2) is 17.1 Å². The van der Waals surface area contributed by atoms with Crippen LogP contribution in [0.5, 0.6) is 0 Å². The zero-order valence-corrected chi connectivity index (χ0v) is 6.78. The minimum Gasteiger partial charge on any atom is -0.364 e. The molecule has 0 aliphatic carbocycles. The van der Waals surface area contributed by atoms with Crippen LogP contribution in [0.2, 0.25) is 0 Å². The molecule has 7 heteroatoms. The Morgan fingerprint density at radius 3 is 2.14 bits per heavy atom. The molecule has 0 aromatic carbocycles. The van der Waals surface area contributed by atoms with Crippen LogP contribution in [0, 0.1) is 0 Å². The lowest BCUT2D eigenvalue weighted by Crippen LogP contribution is -2.45. The van der Waals surface area contributed by atoms with Crippen molar-refractivity contribution in [2.75, 3.05) is 0 Å². The lowest BCUT2D eigenvalue weighted by atomic mass is 10.1. The van der Waals surface area contributed by atoms with Crippen LogP contribution in [0.4, 0.5) is 22.0 Å². The van der Waals surface area contributed by atoms with Crippen LogP contribution in [0.3, 0.4) is 0 Å². The van der Waals surface area contributed by atoms with Gasteiger partial charge in [0.15, 0.2) is 0 Å². The molecular weight excluding hydrogens is 207 g/mol. The number of aromatic nitrogens is 1. The molecule has 0 radical (unpaired) electrons. The number of H-pyrrole nitrogens is 1. The summed E-state index contributed by atoms with van der Waals surface area (Å²) in [5.74, 6) is -4.93. The monoisotopic (exact) mass is 214 g/mol. The molecule has 1 aromatic heterocycles. The van der Waals surface area contributed by atoms with E-state index < -0.39 is 18.1 Å². The Hall–Kier alpha value is -1.11. The van der Waals surface area contributed by atoms with Crippen molar-refractivity contribution in [3.05, 3.63) is 24.0 Å². The summed E-state index contributed by atoms with van der Waals surface area (Å²) in [7, 11) is 0. The van der Waals surface area contributed by atoms with Gasteiger partial charge in [0.25, 0.3) is 0 Å². The number of nitrogens with two attached hydrogens (primary N) is 1. The maximum absolute atomic E-state index is 12.6. The van der Waals surface area contributed by atoms with Gasteiger partial charge < -0.3 is 10.7 Å². The average Bonchev–Trinajstić information content (AvgIpc) is 2.52. The minimum atomic E-state index is -5.64. The van der Waals surface area contributed by atoms with Gasteiger partial charge >= 0.3 is 12.1 Å². The Bertz CT molecular complexity index is 290. The van der Waals surface area contributed by atoms with Crippen molar-refractivity contribution in [1.82, 2.24) is 4.98 Å². The molecule has 14 heavy (non-hydrogen) atoms. The number of aromatic amines is 1. The fourth-order valence-corrected chi connectivity index (χ4v) is 0.909. The minimum absolute atomic E-state index is 0.354. The van der Waals surface area contributed by atoms with Crippen LogP contribution in [0.15, 0.2) is 18.3 Å². The van der Waals surface area contributed by atoms with Crippen LogP contribution in [-0.2, 0) is 0 Å². The molecular formula is C7H7F5N2. The standard InChI is InChI=1S/C7H7F5N2/c8-6(9,7(10,11)12)5(13)4-2-1-3-14-4/h1-3,5,14H,13H2. The Morgan fingerprint density at radius 1 is 1.21 bits per heavy atom. The summed E-state index contributed by atoms with van der Waals surface area (Å²) < 4.78 is 60.7. The van der Waals surface area contributed by atoms with Crippen LogP contribution < -0.4 is 5.73 Å². The number of nitrogens with one attached hydrogen (secondary N) is 1. The maximum atomic E-state index is 12.6.